The molecule has 3 rings (SSSR count). The summed E-state index contributed by atoms with van der Waals surface area (Å²) in [6.45, 7) is 11.2. The Hall–Kier alpha value is -3.12. The molecular formula is C31H42Cl3N3O5. The van der Waals surface area contributed by atoms with Crippen molar-refractivity contribution >= 4 is 61.0 Å². The van der Waals surface area contributed by atoms with E-state index < -0.39 is 11.6 Å². The zero-order valence-corrected chi connectivity index (χ0v) is 27.2. The lowest BCUT2D eigenvalue weighted by Gasteiger charge is -2.33. The van der Waals surface area contributed by atoms with Gasteiger partial charge in [-0.1, -0.05) is 24.3 Å². The van der Waals surface area contributed by atoms with Gasteiger partial charge < -0.3 is 24.0 Å². The first-order valence-electron chi connectivity index (χ1n) is 13.4. The number of likely N-dealkylation sites (tertiary alicyclic amines) is 1. The second kappa shape index (κ2) is 18.4. The highest BCUT2D eigenvalue weighted by Gasteiger charge is 2.28. The topological polar surface area (TPSA) is 92.1 Å². The van der Waals surface area contributed by atoms with Crippen molar-refractivity contribution in [2.75, 3.05) is 31.1 Å². The third-order valence-corrected chi connectivity index (χ3v) is 6.29. The molecule has 11 heteroatoms. The molecule has 0 spiro atoms. The SMILES string of the molecule is CCOC(=O)C(C)N(CC=Cc1cccc(C#N)c1)c1ccc(OC2CCN(C(=O)OC(C)(C)C)CC2)cc1.Cl.Cl.Cl. The van der Waals surface area contributed by atoms with Crippen LogP contribution in [0.2, 0.25) is 0 Å². The molecule has 2 aromatic carbocycles. The van der Waals surface area contributed by atoms with E-state index in [4.69, 9.17) is 19.5 Å². The molecule has 1 saturated heterocycles. The van der Waals surface area contributed by atoms with Gasteiger partial charge in [-0.3, -0.25) is 0 Å². The number of hydrogen-bond acceptors (Lipinski definition) is 7. The summed E-state index contributed by atoms with van der Waals surface area (Å²) in [6, 6.07) is 16.7. The zero-order chi connectivity index (χ0) is 28.4. The third-order valence-electron chi connectivity index (χ3n) is 6.29. The van der Waals surface area contributed by atoms with Crippen molar-refractivity contribution in [3.8, 4) is 11.8 Å². The average Bonchev–Trinajstić information content (AvgIpc) is 2.91. The van der Waals surface area contributed by atoms with E-state index in [9.17, 15) is 9.59 Å². The fourth-order valence-corrected chi connectivity index (χ4v) is 4.28. The van der Waals surface area contributed by atoms with Crippen molar-refractivity contribution in [3.63, 3.8) is 0 Å². The van der Waals surface area contributed by atoms with E-state index in [1.165, 1.54) is 0 Å². The molecule has 8 nitrogen and oxygen atoms in total. The Labute approximate surface area is 268 Å². The molecule has 42 heavy (non-hydrogen) atoms. The first-order valence-corrected chi connectivity index (χ1v) is 13.4. The second-order valence-corrected chi connectivity index (χ2v) is 10.5. The number of rotatable bonds is 9. The fourth-order valence-electron chi connectivity index (χ4n) is 4.28. The Kier molecular flexibility index (Phi) is 17.1. The van der Waals surface area contributed by atoms with Gasteiger partial charge in [-0.05, 0) is 76.6 Å². The molecule has 1 fully saturated rings. The molecule has 1 heterocycles. The molecule has 232 valence electrons. The van der Waals surface area contributed by atoms with Crippen LogP contribution in [0.4, 0.5) is 10.5 Å². The molecular weight excluding hydrogens is 601 g/mol. The molecule has 1 amide bonds. The van der Waals surface area contributed by atoms with Gasteiger partial charge in [-0.2, -0.15) is 5.26 Å². The summed E-state index contributed by atoms with van der Waals surface area (Å²) >= 11 is 0. The average molecular weight is 643 g/mol. The maximum atomic E-state index is 12.6. The Morgan fingerprint density at radius 1 is 1.10 bits per heavy atom. The van der Waals surface area contributed by atoms with E-state index in [0.29, 0.717) is 31.8 Å². The molecule has 1 unspecified atom stereocenters. The Morgan fingerprint density at radius 3 is 2.31 bits per heavy atom. The van der Waals surface area contributed by atoms with Crippen LogP contribution in [0.15, 0.2) is 54.6 Å². The zero-order valence-electron chi connectivity index (χ0n) is 24.8. The highest BCUT2D eigenvalue weighted by Crippen LogP contribution is 2.25. The number of halogens is 3. The van der Waals surface area contributed by atoms with E-state index in [2.05, 4.69) is 6.07 Å². The van der Waals surface area contributed by atoms with Crippen molar-refractivity contribution in [1.29, 1.82) is 5.26 Å². The van der Waals surface area contributed by atoms with Crippen molar-refractivity contribution in [2.45, 2.75) is 65.2 Å². The minimum absolute atomic E-state index is 0. The van der Waals surface area contributed by atoms with Crippen LogP contribution in [0.3, 0.4) is 0 Å². The summed E-state index contributed by atoms with van der Waals surface area (Å²) in [5.41, 5.74) is 1.86. The summed E-state index contributed by atoms with van der Waals surface area (Å²) < 4.78 is 16.9. The minimum Gasteiger partial charge on any atom is -0.490 e. The van der Waals surface area contributed by atoms with E-state index in [0.717, 1.165) is 29.8 Å². The molecule has 0 radical (unpaired) electrons. The number of carbonyl (C=O) groups excluding carboxylic acids is 2. The molecule has 0 N–H and O–H groups in total. The fraction of sp³-hybridized carbons (Fsp3) is 0.452. The summed E-state index contributed by atoms with van der Waals surface area (Å²) in [5, 5.41) is 9.14. The molecule has 2 aromatic rings. The van der Waals surface area contributed by atoms with E-state index >= 15 is 0 Å². The molecule has 1 aliphatic rings. The summed E-state index contributed by atoms with van der Waals surface area (Å²) in [5.74, 6) is 0.441. The molecule has 0 saturated carbocycles. The first kappa shape index (κ1) is 38.9. The van der Waals surface area contributed by atoms with Crippen molar-refractivity contribution < 1.29 is 23.8 Å². The number of carbonyl (C=O) groups is 2. The number of nitrogens with zero attached hydrogens (tertiary/aromatic N) is 3. The van der Waals surface area contributed by atoms with Crippen LogP contribution in [-0.4, -0.2) is 61.0 Å². The number of hydrogen-bond donors (Lipinski definition) is 0. The van der Waals surface area contributed by atoms with E-state index in [-0.39, 0.29) is 55.4 Å². The van der Waals surface area contributed by atoms with Gasteiger partial charge in [-0.15, -0.1) is 37.2 Å². The number of esters is 1. The standard InChI is InChI=1S/C31H39N3O5.3ClH/c1-6-37-29(35)23(2)34(18-8-11-24-9-7-10-25(21-24)22-32)26-12-14-27(15-13-26)38-28-16-19-33(20-17-28)30(36)39-31(3,4)5;;;/h7-15,21,23,28H,6,16-20H2,1-5H3;3*1H. The van der Waals surface area contributed by atoms with Crippen LogP contribution in [0, 0.1) is 11.3 Å². The van der Waals surface area contributed by atoms with Crippen LogP contribution in [-0.2, 0) is 14.3 Å². The summed E-state index contributed by atoms with van der Waals surface area (Å²) in [6.07, 6.45) is 5.08. The number of ether oxygens (including phenoxy) is 3. The minimum atomic E-state index is -0.511. The maximum Gasteiger partial charge on any atom is 0.410 e. The Balaban J connectivity index is 0.00000560. The largest absolute Gasteiger partial charge is 0.490 e. The van der Waals surface area contributed by atoms with Crippen molar-refractivity contribution in [1.82, 2.24) is 4.90 Å². The van der Waals surface area contributed by atoms with Crippen LogP contribution in [0.5, 0.6) is 5.75 Å². The highest BCUT2D eigenvalue weighted by molar-refractivity contribution is 5.86. The van der Waals surface area contributed by atoms with Crippen LogP contribution in [0.25, 0.3) is 6.08 Å². The van der Waals surface area contributed by atoms with Gasteiger partial charge in [0.2, 0.25) is 0 Å². The second-order valence-electron chi connectivity index (χ2n) is 10.5. The molecule has 0 bridgehead atoms. The van der Waals surface area contributed by atoms with Crippen LogP contribution < -0.4 is 9.64 Å². The molecule has 1 atom stereocenters. The lowest BCUT2D eigenvalue weighted by Crippen LogP contribution is -2.44. The third kappa shape index (κ3) is 12.0. The monoisotopic (exact) mass is 641 g/mol. The lowest BCUT2D eigenvalue weighted by molar-refractivity contribution is -0.144. The lowest BCUT2D eigenvalue weighted by atomic mass is 10.1. The normalized spacial score (nSPS) is 13.9. The van der Waals surface area contributed by atoms with Gasteiger partial charge in [0.15, 0.2) is 0 Å². The van der Waals surface area contributed by atoms with Crippen molar-refractivity contribution in [3.05, 3.63) is 65.7 Å². The maximum absolute atomic E-state index is 12.6. The van der Waals surface area contributed by atoms with Crippen LogP contribution >= 0.6 is 37.2 Å². The van der Waals surface area contributed by atoms with E-state index in [1.807, 2.05) is 87.2 Å². The summed E-state index contributed by atoms with van der Waals surface area (Å²) in [4.78, 5) is 28.6. The smallest absolute Gasteiger partial charge is 0.410 e. The first-order chi connectivity index (χ1) is 18.6. The van der Waals surface area contributed by atoms with Gasteiger partial charge in [0, 0.05) is 38.2 Å². The summed E-state index contributed by atoms with van der Waals surface area (Å²) in [7, 11) is 0. The molecule has 1 aliphatic heterocycles. The number of amides is 1. The number of nitriles is 1. The molecule has 0 aliphatic carbocycles. The number of piperidine rings is 1. The highest BCUT2D eigenvalue weighted by atomic mass is 35.5. The predicted molar refractivity (Wildman–Crippen MR) is 173 cm³/mol. The number of benzene rings is 2. The Bertz CT molecular complexity index is 1190. The molecule has 0 aromatic heterocycles. The predicted octanol–water partition coefficient (Wildman–Crippen LogP) is 7.07. The Morgan fingerprint density at radius 2 is 1.74 bits per heavy atom. The van der Waals surface area contributed by atoms with Crippen LogP contribution in [0.1, 0.15) is 58.6 Å². The van der Waals surface area contributed by atoms with Gasteiger partial charge in [0.1, 0.15) is 23.5 Å². The quantitative estimate of drug-likeness (QED) is 0.270. The number of anilines is 1. The van der Waals surface area contributed by atoms with E-state index in [1.54, 1.807) is 17.9 Å². The van der Waals surface area contributed by atoms with Gasteiger partial charge in [-0.25, -0.2) is 9.59 Å². The van der Waals surface area contributed by atoms with Gasteiger partial charge in [0.25, 0.3) is 0 Å². The van der Waals surface area contributed by atoms with Gasteiger partial charge in [0.05, 0.1) is 18.2 Å². The van der Waals surface area contributed by atoms with Crippen molar-refractivity contribution in [2.24, 2.45) is 0 Å². The van der Waals surface area contributed by atoms with Gasteiger partial charge >= 0.3 is 12.1 Å².